The average molecular weight is 276 g/mol. The Kier molecular flexibility index (Phi) is 6.27. The third-order valence-corrected chi connectivity index (χ3v) is 1.98. The van der Waals surface area contributed by atoms with E-state index in [1.807, 2.05) is 0 Å². The fourth-order valence-corrected chi connectivity index (χ4v) is 1.22. The van der Waals surface area contributed by atoms with Gasteiger partial charge in [-0.2, -0.15) is 0 Å². The molecule has 1 aromatic rings. The topological polar surface area (TPSA) is 37.3 Å². The Hall–Kier alpha value is 1.10. The molecule has 0 aromatic heterocycles. The molecular weight excluding hydrogens is 271 g/mol. The summed E-state index contributed by atoms with van der Waals surface area (Å²) < 4.78 is 0.708. The minimum atomic E-state index is -1.02. The summed E-state index contributed by atoms with van der Waals surface area (Å²) in [5, 5.41) is 8.84. The molecule has 1 N–H and O–H groups in total. The van der Waals surface area contributed by atoms with E-state index in [0.29, 0.717) is 4.47 Å². The summed E-state index contributed by atoms with van der Waals surface area (Å²) in [6, 6.07) is 4.69. The van der Waals surface area contributed by atoms with Gasteiger partial charge in [-0.15, -0.1) is 0 Å². The Morgan fingerprint density at radius 1 is 1.58 bits per heavy atom. The fourth-order valence-electron chi connectivity index (χ4n) is 0.661. The number of halogens is 2. The predicted molar refractivity (Wildman–Crippen MR) is 47.2 cm³/mol. The molecule has 0 aliphatic rings. The van der Waals surface area contributed by atoms with Crippen LogP contribution in [0, 0.1) is 0 Å². The van der Waals surface area contributed by atoms with E-state index in [0.717, 1.165) is 0 Å². The normalized spacial score (nSPS) is 8.83. The van der Waals surface area contributed by atoms with E-state index in [1.54, 1.807) is 6.07 Å². The van der Waals surface area contributed by atoms with E-state index >= 15 is 0 Å². The molecule has 0 unspecified atom stereocenters. The van der Waals surface area contributed by atoms with E-state index < -0.39 is 5.97 Å². The van der Waals surface area contributed by atoms with Crippen LogP contribution >= 0.6 is 27.5 Å². The predicted octanol–water partition coefficient (Wildman–Crippen LogP) is -0.0828. The minimum absolute atomic E-state index is 0. The summed E-state index contributed by atoms with van der Waals surface area (Å²) in [7, 11) is 0. The van der Waals surface area contributed by atoms with Gasteiger partial charge in [0.05, 0.1) is 10.6 Å². The fraction of sp³-hybridized carbons (Fsp3) is 0. The molecule has 0 aliphatic heterocycles. The molecule has 1 rings (SSSR count). The summed E-state index contributed by atoms with van der Waals surface area (Å²) in [5.74, 6) is -1.02. The zero-order chi connectivity index (χ0) is 8.43. The maximum Gasteiger partial charge on any atom is 1.00 e. The zero-order valence-corrected chi connectivity index (χ0v) is 11.8. The Morgan fingerprint density at radius 3 is 2.58 bits per heavy atom. The van der Waals surface area contributed by atoms with Crippen LogP contribution < -0.4 is 51.4 Å². The molecule has 0 aliphatic carbocycles. The Morgan fingerprint density at radius 2 is 2.17 bits per heavy atom. The number of carboxylic acids is 1. The number of hydrogen-bond donors (Lipinski definition) is 1. The maximum absolute atomic E-state index is 10.5. The first-order valence-corrected chi connectivity index (χ1v) is 3.96. The van der Waals surface area contributed by atoms with Crippen molar-refractivity contribution in [3.05, 3.63) is 33.3 Å². The minimum Gasteiger partial charge on any atom is -1.00 e. The van der Waals surface area contributed by atoms with Crippen LogP contribution in [-0.4, -0.2) is 11.1 Å². The summed E-state index contributed by atoms with van der Waals surface area (Å²) >= 11 is 8.73. The van der Waals surface area contributed by atoms with Crippen molar-refractivity contribution in [1.82, 2.24) is 0 Å². The first-order valence-electron chi connectivity index (χ1n) is 2.79. The van der Waals surface area contributed by atoms with Gasteiger partial charge in [0, 0.05) is 4.47 Å². The van der Waals surface area contributed by atoms with Gasteiger partial charge in [-0.25, -0.2) is 4.79 Å². The standard InChI is InChI=1S/C7H4BrClO2.K.H/c8-4-1-2-6(9)5(3-4)7(10)11;;/h1-3H,(H,10,11);;/q;+1;-1. The summed E-state index contributed by atoms with van der Waals surface area (Å²) in [6.45, 7) is 0. The van der Waals surface area contributed by atoms with Crippen molar-refractivity contribution in [2.45, 2.75) is 0 Å². The molecule has 0 saturated heterocycles. The second-order valence-corrected chi connectivity index (χ2v) is 3.25. The van der Waals surface area contributed by atoms with Crippen molar-refractivity contribution >= 4 is 33.5 Å². The number of rotatable bonds is 1. The Balaban J connectivity index is 0. The van der Waals surface area contributed by atoms with E-state index in [9.17, 15) is 4.79 Å². The molecular formula is C7H5BrClKO2. The molecule has 1 aromatic carbocycles. The van der Waals surface area contributed by atoms with Gasteiger partial charge in [-0.3, -0.25) is 0 Å². The van der Waals surface area contributed by atoms with Crippen molar-refractivity contribution in [2.24, 2.45) is 0 Å². The first kappa shape index (κ1) is 13.1. The van der Waals surface area contributed by atoms with Crippen molar-refractivity contribution in [3.63, 3.8) is 0 Å². The molecule has 0 bridgehead atoms. The zero-order valence-electron chi connectivity index (χ0n) is 7.34. The van der Waals surface area contributed by atoms with Gasteiger partial charge in [0.25, 0.3) is 0 Å². The maximum atomic E-state index is 10.5. The summed E-state index contributed by atoms with van der Waals surface area (Å²) in [6.07, 6.45) is 0. The quantitative estimate of drug-likeness (QED) is 0.728. The number of carboxylic acid groups (broad SMARTS) is 1. The second kappa shape index (κ2) is 5.75. The summed E-state index contributed by atoms with van der Waals surface area (Å²) in [5.41, 5.74) is 0.112. The van der Waals surface area contributed by atoms with Crippen molar-refractivity contribution in [3.8, 4) is 0 Å². The van der Waals surface area contributed by atoms with E-state index in [-0.39, 0.29) is 63.4 Å². The monoisotopic (exact) mass is 274 g/mol. The molecule has 0 heterocycles. The average Bonchev–Trinajstić information content (AvgIpc) is 1.94. The van der Waals surface area contributed by atoms with Crippen LogP contribution in [0.5, 0.6) is 0 Å². The van der Waals surface area contributed by atoms with Gasteiger partial charge >= 0.3 is 57.4 Å². The molecule has 0 spiro atoms. The smallest absolute Gasteiger partial charge is 1.00 e. The van der Waals surface area contributed by atoms with Crippen LogP contribution in [0.3, 0.4) is 0 Å². The van der Waals surface area contributed by atoms with Crippen molar-refractivity contribution in [2.75, 3.05) is 0 Å². The first-order chi connectivity index (χ1) is 5.11. The van der Waals surface area contributed by atoms with Crippen LogP contribution in [0.1, 0.15) is 11.8 Å². The largest absolute Gasteiger partial charge is 1.00 e. The van der Waals surface area contributed by atoms with Gasteiger partial charge in [-0.05, 0) is 18.2 Å². The molecule has 5 heteroatoms. The number of benzene rings is 1. The molecule has 2 nitrogen and oxygen atoms in total. The molecule has 0 fully saturated rings. The van der Waals surface area contributed by atoms with Crippen molar-refractivity contribution in [1.29, 1.82) is 0 Å². The molecule has 0 radical (unpaired) electrons. The van der Waals surface area contributed by atoms with Crippen LogP contribution in [0.2, 0.25) is 5.02 Å². The van der Waals surface area contributed by atoms with E-state index in [4.69, 9.17) is 16.7 Å². The molecule has 60 valence electrons. The molecule has 0 amide bonds. The Labute approximate surface area is 127 Å². The number of carbonyl (C=O) groups is 1. The SMILES string of the molecule is O=C(O)c1cc(Br)ccc1Cl.[H-].[K+]. The van der Waals surface area contributed by atoms with Crippen LogP contribution in [0.15, 0.2) is 22.7 Å². The third-order valence-electron chi connectivity index (χ3n) is 1.16. The number of aromatic carboxylic acids is 1. The van der Waals surface area contributed by atoms with Crippen LogP contribution in [0.25, 0.3) is 0 Å². The molecule has 0 saturated carbocycles. The Bertz CT molecular complexity index is 309. The van der Waals surface area contributed by atoms with Crippen molar-refractivity contribution < 1.29 is 62.7 Å². The second-order valence-electron chi connectivity index (χ2n) is 1.93. The molecule has 12 heavy (non-hydrogen) atoms. The number of hydrogen-bond acceptors (Lipinski definition) is 1. The van der Waals surface area contributed by atoms with Crippen LogP contribution in [0.4, 0.5) is 0 Å². The van der Waals surface area contributed by atoms with Gasteiger partial charge in [0.15, 0.2) is 0 Å². The van der Waals surface area contributed by atoms with E-state index in [2.05, 4.69) is 15.9 Å². The third kappa shape index (κ3) is 3.45. The van der Waals surface area contributed by atoms with Gasteiger partial charge in [-0.1, -0.05) is 27.5 Å². The molecule has 0 atom stereocenters. The summed E-state index contributed by atoms with van der Waals surface area (Å²) in [4.78, 5) is 10.5. The van der Waals surface area contributed by atoms with Gasteiger partial charge < -0.3 is 6.53 Å². The van der Waals surface area contributed by atoms with Crippen LogP contribution in [-0.2, 0) is 0 Å². The van der Waals surface area contributed by atoms with Gasteiger partial charge in [0.2, 0.25) is 0 Å². The van der Waals surface area contributed by atoms with Gasteiger partial charge in [0.1, 0.15) is 0 Å². The van der Waals surface area contributed by atoms with E-state index in [1.165, 1.54) is 12.1 Å².